The van der Waals surface area contributed by atoms with E-state index in [4.69, 9.17) is 14.6 Å². The fourth-order valence-corrected chi connectivity index (χ4v) is 4.09. The fourth-order valence-electron chi connectivity index (χ4n) is 1.90. The summed E-state index contributed by atoms with van der Waals surface area (Å²) in [5, 5.41) is 14.0. The molecule has 0 radical (unpaired) electrons. The van der Waals surface area contributed by atoms with Gasteiger partial charge in [0.2, 0.25) is 0 Å². The van der Waals surface area contributed by atoms with Crippen LogP contribution in [0.5, 0.6) is 5.75 Å². The minimum Gasteiger partial charge on any atom is -0.490 e. The molecule has 0 aliphatic heterocycles. The Hall–Kier alpha value is -1.94. The lowest BCUT2D eigenvalue weighted by Crippen LogP contribution is -2.30. The van der Waals surface area contributed by atoms with Crippen molar-refractivity contribution in [2.24, 2.45) is 0 Å². The molecule has 180 valence electrons. The fraction of sp³-hybridized carbons (Fsp3) is 0.550. The van der Waals surface area contributed by atoms with Gasteiger partial charge in [-0.1, -0.05) is 48.4 Å². The van der Waals surface area contributed by atoms with Crippen LogP contribution in [-0.4, -0.2) is 60.5 Å². The number of aliphatic hydroxyl groups is 1. The summed E-state index contributed by atoms with van der Waals surface area (Å²) in [7, 11) is 3.15. The topological polar surface area (TPSA) is 89.1 Å². The predicted molar refractivity (Wildman–Crippen MR) is 119 cm³/mol. The summed E-state index contributed by atoms with van der Waals surface area (Å²) in [5.74, 6) is 0.104. The molecule has 0 saturated heterocycles. The largest absolute Gasteiger partial charge is 0.581 e. The first-order chi connectivity index (χ1) is 15.0. The summed E-state index contributed by atoms with van der Waals surface area (Å²) >= 11 is 0. The van der Waals surface area contributed by atoms with Crippen molar-refractivity contribution in [3.8, 4) is 17.9 Å². The lowest BCUT2D eigenvalue weighted by molar-refractivity contribution is -0.291. The number of nitrogens with one attached hydrogen (secondary N) is 2. The van der Waals surface area contributed by atoms with Gasteiger partial charge in [0.05, 0.1) is 13.2 Å². The Bertz CT molecular complexity index is 764. The lowest BCUT2D eigenvalue weighted by atomic mass is 10.2. The second kappa shape index (κ2) is 14.3. The third-order valence-corrected chi connectivity index (χ3v) is 6.64. The number of hydrogen-bond acceptors (Lipinski definition) is 8. The molecule has 0 heterocycles. The van der Waals surface area contributed by atoms with E-state index in [9.17, 15) is 18.0 Å². The molecule has 0 saturated carbocycles. The van der Waals surface area contributed by atoms with Gasteiger partial charge in [0, 0.05) is 29.4 Å². The van der Waals surface area contributed by atoms with Gasteiger partial charge in [0.25, 0.3) is 5.91 Å². The zero-order valence-corrected chi connectivity index (χ0v) is 19.6. The van der Waals surface area contributed by atoms with Crippen LogP contribution in [0.3, 0.4) is 0 Å². The Kier molecular flexibility index (Phi) is 12.5. The van der Waals surface area contributed by atoms with E-state index in [1.54, 1.807) is 35.1 Å². The molecular formula is C20H27F3N2O5S2. The van der Waals surface area contributed by atoms with E-state index in [1.807, 2.05) is 6.04 Å². The van der Waals surface area contributed by atoms with Crippen molar-refractivity contribution in [1.29, 1.82) is 0 Å². The average molecular weight is 497 g/mol. The van der Waals surface area contributed by atoms with Crippen LogP contribution in [0.2, 0.25) is 0 Å². The standard InChI is InChI=1S/C20H27F3N2O5S2/c1-19(2,3)32-31-17(28-12-10-26)14-29-16-6-4-5-15(13-16)18(27)25-8-7-24-9-11-30-20(21,22)23/h4-6,13,17,24,26H,7-8,10,12,14H2,1-3H3,(H,25,27). The molecule has 1 aromatic carbocycles. The molecule has 1 unspecified atom stereocenters. The SMILES string of the molecule is CC(C)(C)SSC(COc1cccc(C(=O)NCCNC#COC(F)(F)F)c1)OCCO. The summed E-state index contributed by atoms with van der Waals surface area (Å²) in [4.78, 5) is 12.2. The smallest absolute Gasteiger partial charge is 0.490 e. The van der Waals surface area contributed by atoms with E-state index in [2.05, 4.69) is 36.1 Å². The van der Waals surface area contributed by atoms with Crippen LogP contribution in [0.25, 0.3) is 0 Å². The van der Waals surface area contributed by atoms with Gasteiger partial charge in [-0.25, -0.2) is 0 Å². The average Bonchev–Trinajstić information content (AvgIpc) is 2.71. The van der Waals surface area contributed by atoms with Crippen molar-refractivity contribution in [3.63, 3.8) is 0 Å². The first-order valence-electron chi connectivity index (χ1n) is 9.56. The first-order valence-corrected chi connectivity index (χ1v) is 11.8. The van der Waals surface area contributed by atoms with Gasteiger partial charge >= 0.3 is 6.36 Å². The molecule has 0 aromatic heterocycles. The molecule has 1 rings (SSSR count). The number of halogens is 3. The number of aliphatic hydroxyl groups excluding tert-OH is 1. The van der Waals surface area contributed by atoms with Crippen LogP contribution < -0.4 is 15.4 Å². The zero-order chi connectivity index (χ0) is 24.0. The lowest BCUT2D eigenvalue weighted by Gasteiger charge is -2.22. The molecule has 0 spiro atoms. The second-order valence-electron chi connectivity index (χ2n) is 7.11. The zero-order valence-electron chi connectivity index (χ0n) is 18.0. The van der Waals surface area contributed by atoms with Gasteiger partial charge < -0.3 is 30.0 Å². The number of alkyl halides is 3. The maximum Gasteiger partial charge on any atom is 0.581 e. The van der Waals surface area contributed by atoms with Crippen molar-refractivity contribution < 1.29 is 37.3 Å². The van der Waals surface area contributed by atoms with E-state index in [-0.39, 0.29) is 49.0 Å². The number of carbonyl (C=O) groups is 1. The molecule has 0 aliphatic carbocycles. The van der Waals surface area contributed by atoms with Crippen molar-refractivity contribution in [2.45, 2.75) is 37.3 Å². The van der Waals surface area contributed by atoms with Gasteiger partial charge in [-0.3, -0.25) is 4.79 Å². The summed E-state index contributed by atoms with van der Waals surface area (Å²) in [6, 6.07) is 8.54. The molecular weight excluding hydrogens is 469 g/mol. The Morgan fingerprint density at radius 1 is 1.25 bits per heavy atom. The van der Waals surface area contributed by atoms with E-state index >= 15 is 0 Å². The third-order valence-electron chi connectivity index (χ3n) is 3.12. The van der Waals surface area contributed by atoms with Crippen LogP contribution in [-0.2, 0) is 9.47 Å². The molecule has 7 nitrogen and oxygen atoms in total. The molecule has 3 N–H and O–H groups in total. The highest BCUT2D eigenvalue weighted by Crippen LogP contribution is 2.38. The summed E-state index contributed by atoms with van der Waals surface area (Å²) in [6.45, 7) is 6.82. The highest BCUT2D eigenvalue weighted by Gasteiger charge is 2.29. The number of benzene rings is 1. The molecule has 12 heteroatoms. The maximum atomic E-state index is 12.2. The van der Waals surface area contributed by atoms with Gasteiger partial charge in [-0.15, -0.1) is 13.2 Å². The molecule has 0 fully saturated rings. The molecule has 0 aliphatic rings. The monoisotopic (exact) mass is 496 g/mol. The predicted octanol–water partition coefficient (Wildman–Crippen LogP) is 3.35. The minimum absolute atomic E-state index is 0.0231. The summed E-state index contributed by atoms with van der Waals surface area (Å²) < 4.78 is 49.9. The number of ether oxygens (including phenoxy) is 3. The summed E-state index contributed by atoms with van der Waals surface area (Å²) in [5.41, 5.74) is 0.0518. The molecule has 1 amide bonds. The molecule has 0 bridgehead atoms. The number of carbonyl (C=O) groups excluding carboxylic acids is 1. The molecule has 32 heavy (non-hydrogen) atoms. The summed E-state index contributed by atoms with van der Waals surface area (Å²) in [6.07, 6.45) is -3.35. The third kappa shape index (κ3) is 14.2. The van der Waals surface area contributed by atoms with Crippen LogP contribution >= 0.6 is 21.6 Å². The second-order valence-corrected chi connectivity index (χ2v) is 10.3. The van der Waals surface area contributed by atoms with Crippen LogP contribution in [0.4, 0.5) is 13.2 Å². The Labute approximate surface area is 193 Å². The van der Waals surface area contributed by atoms with E-state index < -0.39 is 6.36 Å². The van der Waals surface area contributed by atoms with Crippen molar-refractivity contribution in [3.05, 3.63) is 29.8 Å². The van der Waals surface area contributed by atoms with Crippen molar-refractivity contribution >= 4 is 27.5 Å². The number of hydrogen-bond donors (Lipinski definition) is 3. The normalized spacial score (nSPS) is 12.3. The van der Waals surface area contributed by atoms with Crippen LogP contribution in [0, 0.1) is 12.2 Å². The Morgan fingerprint density at radius 2 is 2.00 bits per heavy atom. The molecule has 1 atom stereocenters. The Morgan fingerprint density at radius 3 is 2.66 bits per heavy atom. The number of rotatable bonds is 12. The first kappa shape index (κ1) is 28.1. The highest BCUT2D eigenvalue weighted by atomic mass is 33.1. The van der Waals surface area contributed by atoms with Gasteiger partial charge in [0.1, 0.15) is 23.9 Å². The van der Waals surface area contributed by atoms with Gasteiger partial charge in [0.15, 0.2) is 0 Å². The minimum atomic E-state index is -4.81. The number of amides is 1. The molecule has 1 aromatic rings. The van der Waals surface area contributed by atoms with Gasteiger partial charge in [-0.2, -0.15) is 0 Å². The maximum absolute atomic E-state index is 12.2. The van der Waals surface area contributed by atoms with Crippen LogP contribution in [0.15, 0.2) is 24.3 Å². The van der Waals surface area contributed by atoms with Crippen molar-refractivity contribution in [1.82, 2.24) is 10.6 Å². The van der Waals surface area contributed by atoms with Crippen LogP contribution in [0.1, 0.15) is 31.1 Å². The quantitative estimate of drug-likeness (QED) is 0.134. The van der Waals surface area contributed by atoms with E-state index in [0.29, 0.717) is 11.3 Å². The van der Waals surface area contributed by atoms with E-state index in [0.717, 1.165) is 0 Å². The van der Waals surface area contributed by atoms with Crippen molar-refractivity contribution in [2.75, 3.05) is 32.9 Å². The van der Waals surface area contributed by atoms with E-state index in [1.165, 1.54) is 16.9 Å². The Balaban J connectivity index is 2.48. The highest BCUT2D eigenvalue weighted by molar-refractivity contribution is 8.77. The van der Waals surface area contributed by atoms with Gasteiger partial charge in [-0.05, 0) is 18.2 Å².